The zero-order valence-electron chi connectivity index (χ0n) is 10.5. The second-order valence-electron chi connectivity index (χ2n) is 4.09. The number of nitrogens with one attached hydrogen (secondary N) is 1. The van der Waals surface area contributed by atoms with Crippen LogP contribution in [0.4, 0.5) is 0 Å². The molecule has 0 aromatic carbocycles. The smallest absolute Gasteiger partial charge is 0.336 e. The number of carboxylic acids is 1. The molecule has 0 aliphatic rings. The van der Waals surface area contributed by atoms with Crippen molar-refractivity contribution in [3.63, 3.8) is 0 Å². The fraction of sp³-hybridized carbons (Fsp3) is 0.167. The quantitative estimate of drug-likeness (QED) is 0.874. The number of aromatic nitrogens is 1. The van der Waals surface area contributed by atoms with Gasteiger partial charge in [-0.25, -0.2) is 17.9 Å². The molecule has 0 atom stereocenters. The highest BCUT2D eigenvalue weighted by Crippen LogP contribution is 2.20. The third-order valence-electron chi connectivity index (χ3n) is 2.68. The normalized spacial score (nSPS) is 11.4. The average molecular weight is 312 g/mol. The van der Waals surface area contributed by atoms with Crippen LogP contribution in [0.2, 0.25) is 0 Å². The van der Waals surface area contributed by atoms with Gasteiger partial charge in [0.05, 0.1) is 5.56 Å². The first-order chi connectivity index (χ1) is 9.40. The van der Waals surface area contributed by atoms with Gasteiger partial charge in [0, 0.05) is 24.3 Å². The largest absolute Gasteiger partial charge is 0.478 e. The molecule has 0 bridgehead atoms. The molecule has 0 radical (unpaired) electrons. The first-order valence-electron chi connectivity index (χ1n) is 5.61. The van der Waals surface area contributed by atoms with E-state index >= 15 is 0 Å². The lowest BCUT2D eigenvalue weighted by atomic mass is 10.2. The van der Waals surface area contributed by atoms with Gasteiger partial charge in [0.15, 0.2) is 0 Å². The summed E-state index contributed by atoms with van der Waals surface area (Å²) in [6.45, 7) is 1.97. The molecule has 0 unspecified atom stereocenters. The molecule has 2 N–H and O–H groups in total. The van der Waals surface area contributed by atoms with Crippen LogP contribution >= 0.6 is 11.3 Å². The maximum absolute atomic E-state index is 12.0. The number of thiophene rings is 1. The fourth-order valence-corrected chi connectivity index (χ4v) is 3.72. The summed E-state index contributed by atoms with van der Waals surface area (Å²) in [4.78, 5) is 14.7. The molecular formula is C12H12N2O4S2. The Kier molecular flexibility index (Phi) is 4.17. The maximum Gasteiger partial charge on any atom is 0.336 e. The summed E-state index contributed by atoms with van der Waals surface area (Å²) in [5, 5.41) is 10.1. The molecule has 0 amide bonds. The highest BCUT2D eigenvalue weighted by molar-refractivity contribution is 7.91. The standard InChI is InChI=1S/C12H12N2O4S2/c1-8-5-13-3-2-9(8)6-14-20(17,18)11-4-10(7-19-11)12(15)16/h2-5,7,14H,6H2,1H3,(H,15,16). The van der Waals surface area contributed by atoms with E-state index < -0.39 is 16.0 Å². The van der Waals surface area contributed by atoms with E-state index in [1.54, 1.807) is 18.5 Å². The van der Waals surface area contributed by atoms with Crippen LogP contribution < -0.4 is 4.72 Å². The van der Waals surface area contributed by atoms with Gasteiger partial charge in [0.25, 0.3) is 0 Å². The van der Waals surface area contributed by atoms with Crippen LogP contribution in [0.1, 0.15) is 21.5 Å². The van der Waals surface area contributed by atoms with E-state index in [0.717, 1.165) is 28.5 Å². The summed E-state index contributed by atoms with van der Waals surface area (Å²) in [5.41, 5.74) is 1.67. The predicted octanol–water partition coefficient (Wildman–Crippen LogP) is 1.63. The molecular weight excluding hydrogens is 300 g/mol. The number of aryl methyl sites for hydroxylation is 1. The van der Waals surface area contributed by atoms with Crippen molar-refractivity contribution in [1.82, 2.24) is 9.71 Å². The van der Waals surface area contributed by atoms with Crippen molar-refractivity contribution in [3.8, 4) is 0 Å². The van der Waals surface area contributed by atoms with Gasteiger partial charge in [0.2, 0.25) is 10.0 Å². The molecule has 0 aliphatic heterocycles. The predicted molar refractivity (Wildman–Crippen MR) is 74.3 cm³/mol. The van der Waals surface area contributed by atoms with Gasteiger partial charge in [-0.2, -0.15) is 0 Å². The number of carboxylic acid groups (broad SMARTS) is 1. The van der Waals surface area contributed by atoms with Crippen molar-refractivity contribution in [2.24, 2.45) is 0 Å². The molecule has 2 rings (SSSR count). The molecule has 0 saturated carbocycles. The van der Waals surface area contributed by atoms with Crippen LogP contribution in [0.5, 0.6) is 0 Å². The van der Waals surface area contributed by atoms with Gasteiger partial charge < -0.3 is 5.11 Å². The highest BCUT2D eigenvalue weighted by atomic mass is 32.2. The van der Waals surface area contributed by atoms with E-state index in [0.29, 0.717) is 0 Å². The Morgan fingerprint density at radius 1 is 1.50 bits per heavy atom. The first-order valence-corrected chi connectivity index (χ1v) is 7.97. The second-order valence-corrected chi connectivity index (χ2v) is 6.99. The van der Waals surface area contributed by atoms with E-state index in [9.17, 15) is 13.2 Å². The molecule has 0 spiro atoms. The molecule has 2 aromatic heterocycles. The minimum Gasteiger partial charge on any atom is -0.478 e. The third kappa shape index (κ3) is 3.21. The zero-order chi connectivity index (χ0) is 14.8. The lowest BCUT2D eigenvalue weighted by Gasteiger charge is -2.06. The fourth-order valence-electron chi connectivity index (χ4n) is 1.51. The monoisotopic (exact) mass is 312 g/mol. The number of carbonyl (C=O) groups is 1. The first kappa shape index (κ1) is 14.6. The van der Waals surface area contributed by atoms with Crippen molar-refractivity contribution in [2.75, 3.05) is 0 Å². The van der Waals surface area contributed by atoms with Crippen molar-refractivity contribution >= 4 is 27.3 Å². The minimum absolute atomic E-state index is 0.0124. The van der Waals surface area contributed by atoms with Gasteiger partial charge >= 0.3 is 5.97 Å². The number of hydrogen-bond acceptors (Lipinski definition) is 5. The number of nitrogens with zero attached hydrogens (tertiary/aromatic N) is 1. The van der Waals surface area contributed by atoms with Crippen LogP contribution in [0, 0.1) is 6.92 Å². The molecule has 106 valence electrons. The molecule has 2 aromatic rings. The lowest BCUT2D eigenvalue weighted by molar-refractivity contribution is 0.0697. The van der Waals surface area contributed by atoms with Crippen molar-refractivity contribution < 1.29 is 18.3 Å². The molecule has 20 heavy (non-hydrogen) atoms. The van der Waals surface area contributed by atoms with E-state index in [1.165, 1.54) is 5.38 Å². The molecule has 0 fully saturated rings. The van der Waals surface area contributed by atoms with E-state index in [1.807, 2.05) is 6.92 Å². The van der Waals surface area contributed by atoms with Crippen molar-refractivity contribution in [3.05, 3.63) is 46.6 Å². The second kappa shape index (κ2) is 5.70. The number of aromatic carboxylic acids is 1. The average Bonchev–Trinajstić information content (AvgIpc) is 2.88. The summed E-state index contributed by atoms with van der Waals surface area (Å²) in [6.07, 6.45) is 3.24. The molecule has 6 nitrogen and oxygen atoms in total. The summed E-state index contributed by atoms with van der Waals surface area (Å²) in [7, 11) is -3.70. The number of rotatable bonds is 5. The van der Waals surface area contributed by atoms with E-state index in [4.69, 9.17) is 5.11 Å². The Hall–Kier alpha value is -1.77. The van der Waals surface area contributed by atoms with Crippen LogP contribution in [0.25, 0.3) is 0 Å². The summed E-state index contributed by atoms with van der Waals surface area (Å²) in [5.74, 6) is -1.15. The zero-order valence-corrected chi connectivity index (χ0v) is 12.2. The minimum atomic E-state index is -3.70. The topological polar surface area (TPSA) is 96.4 Å². The summed E-state index contributed by atoms with van der Waals surface area (Å²) in [6, 6.07) is 2.88. The Morgan fingerprint density at radius 3 is 2.85 bits per heavy atom. The van der Waals surface area contributed by atoms with Crippen LogP contribution in [-0.4, -0.2) is 24.5 Å². The number of hydrogen-bond donors (Lipinski definition) is 2. The summed E-state index contributed by atoms with van der Waals surface area (Å²) >= 11 is 0.881. The van der Waals surface area contributed by atoms with E-state index in [2.05, 4.69) is 9.71 Å². The number of sulfonamides is 1. The number of pyridine rings is 1. The van der Waals surface area contributed by atoms with Crippen LogP contribution in [-0.2, 0) is 16.6 Å². The Bertz CT molecular complexity index is 737. The van der Waals surface area contributed by atoms with Gasteiger partial charge in [-0.15, -0.1) is 11.3 Å². The van der Waals surface area contributed by atoms with Gasteiger partial charge in [-0.05, 0) is 30.2 Å². The van der Waals surface area contributed by atoms with Gasteiger partial charge in [-0.3, -0.25) is 4.98 Å². The Balaban J connectivity index is 2.15. The maximum atomic E-state index is 12.0. The molecule has 0 aliphatic carbocycles. The molecule has 0 saturated heterocycles. The Labute approximate surface area is 120 Å². The molecule has 8 heteroatoms. The van der Waals surface area contributed by atoms with Gasteiger partial charge in [-0.1, -0.05) is 0 Å². The van der Waals surface area contributed by atoms with E-state index in [-0.39, 0.29) is 16.3 Å². The summed E-state index contributed by atoms with van der Waals surface area (Å²) < 4.78 is 26.5. The van der Waals surface area contributed by atoms with Gasteiger partial charge in [0.1, 0.15) is 4.21 Å². The lowest BCUT2D eigenvalue weighted by Crippen LogP contribution is -2.22. The molecule has 2 heterocycles. The van der Waals surface area contributed by atoms with Crippen molar-refractivity contribution in [1.29, 1.82) is 0 Å². The highest BCUT2D eigenvalue weighted by Gasteiger charge is 2.18. The van der Waals surface area contributed by atoms with Crippen LogP contribution in [0.3, 0.4) is 0 Å². The van der Waals surface area contributed by atoms with Crippen molar-refractivity contribution in [2.45, 2.75) is 17.7 Å². The SMILES string of the molecule is Cc1cnccc1CNS(=O)(=O)c1cc(C(=O)O)cs1. The Morgan fingerprint density at radius 2 is 2.25 bits per heavy atom. The third-order valence-corrected chi connectivity index (χ3v) is 5.52. The van der Waals surface area contributed by atoms with Crippen LogP contribution in [0.15, 0.2) is 34.1 Å².